The van der Waals surface area contributed by atoms with Gasteiger partial charge in [0.2, 0.25) is 15.2 Å². The highest BCUT2D eigenvalue weighted by Gasteiger charge is 2.32. The SMILES string of the molecule is CCN(c1nc2ccc(S(=O)(=O)N(CC(C)C)CC(O)C(Cc3ccccc3)NC(=O)OCc3cncs3)cc2s1)N1CCCC1. The molecule has 1 saturated heterocycles. The monoisotopic (exact) mass is 686 g/mol. The molecule has 2 N–H and O–H groups in total. The van der Waals surface area contributed by atoms with Gasteiger partial charge in [-0.3, -0.25) is 9.99 Å². The number of carbonyl (C=O) groups is 1. The zero-order chi connectivity index (χ0) is 32.7. The molecule has 2 aromatic heterocycles. The van der Waals surface area contributed by atoms with E-state index >= 15 is 0 Å². The fourth-order valence-electron chi connectivity index (χ4n) is 5.52. The van der Waals surface area contributed by atoms with Crippen LogP contribution in [0.2, 0.25) is 0 Å². The predicted octanol–water partition coefficient (Wildman–Crippen LogP) is 5.14. The van der Waals surface area contributed by atoms with Crippen molar-refractivity contribution in [3.63, 3.8) is 0 Å². The van der Waals surface area contributed by atoms with E-state index in [1.807, 2.05) is 44.2 Å². The second-order valence-electron chi connectivity index (χ2n) is 11.8. The maximum atomic E-state index is 14.2. The van der Waals surface area contributed by atoms with Gasteiger partial charge in [0, 0.05) is 38.9 Å². The van der Waals surface area contributed by atoms with Crippen molar-refractivity contribution in [1.29, 1.82) is 0 Å². The molecule has 46 heavy (non-hydrogen) atoms. The number of nitrogens with zero attached hydrogens (tertiary/aromatic N) is 5. The maximum Gasteiger partial charge on any atom is 0.407 e. The summed E-state index contributed by atoms with van der Waals surface area (Å²) in [5.74, 6) is -0.0100. The van der Waals surface area contributed by atoms with Crippen LogP contribution in [-0.2, 0) is 27.8 Å². The van der Waals surface area contributed by atoms with Gasteiger partial charge in [-0.2, -0.15) is 4.31 Å². The van der Waals surface area contributed by atoms with Gasteiger partial charge in [0.1, 0.15) is 6.61 Å². The van der Waals surface area contributed by atoms with Crippen molar-refractivity contribution in [2.75, 3.05) is 37.7 Å². The minimum Gasteiger partial charge on any atom is -0.444 e. The summed E-state index contributed by atoms with van der Waals surface area (Å²) < 4.78 is 35.8. The minimum atomic E-state index is -4.01. The lowest BCUT2D eigenvalue weighted by Gasteiger charge is -2.30. The molecule has 0 spiro atoms. The fourth-order valence-corrected chi connectivity index (χ4v) is 8.84. The Bertz CT molecular complexity index is 1660. The fraction of sp³-hybridized carbons (Fsp3) is 0.469. The number of aromatic nitrogens is 2. The molecule has 248 valence electrons. The second-order valence-corrected chi connectivity index (χ2v) is 15.7. The molecule has 11 nitrogen and oxygen atoms in total. The van der Waals surface area contributed by atoms with Gasteiger partial charge in [0.15, 0.2) is 0 Å². The van der Waals surface area contributed by atoms with Crippen molar-refractivity contribution in [1.82, 2.24) is 24.6 Å². The summed E-state index contributed by atoms with van der Waals surface area (Å²) in [5, 5.41) is 19.6. The smallest absolute Gasteiger partial charge is 0.407 e. The lowest BCUT2D eigenvalue weighted by Crippen LogP contribution is -2.51. The van der Waals surface area contributed by atoms with Crippen molar-refractivity contribution < 1.29 is 23.1 Å². The van der Waals surface area contributed by atoms with Gasteiger partial charge >= 0.3 is 6.09 Å². The van der Waals surface area contributed by atoms with Gasteiger partial charge in [-0.05, 0) is 55.9 Å². The zero-order valence-corrected chi connectivity index (χ0v) is 28.9. The van der Waals surface area contributed by atoms with E-state index in [0.717, 1.165) is 58.3 Å². The molecule has 1 amide bonds. The third-order valence-corrected chi connectivity index (χ3v) is 11.4. The average molecular weight is 687 g/mol. The van der Waals surface area contributed by atoms with Crippen LogP contribution in [0.25, 0.3) is 10.2 Å². The van der Waals surface area contributed by atoms with Crippen LogP contribution in [-0.4, -0.2) is 83.8 Å². The lowest BCUT2D eigenvalue weighted by molar-refractivity contribution is 0.0876. The number of rotatable bonds is 15. The number of fused-ring (bicyclic) bond motifs is 1. The van der Waals surface area contributed by atoms with Gasteiger partial charge in [-0.1, -0.05) is 55.5 Å². The van der Waals surface area contributed by atoms with Crippen molar-refractivity contribution in [3.05, 3.63) is 70.7 Å². The summed E-state index contributed by atoms with van der Waals surface area (Å²) in [4.78, 5) is 22.5. The van der Waals surface area contributed by atoms with E-state index in [0.29, 0.717) is 0 Å². The summed E-state index contributed by atoms with van der Waals surface area (Å²) in [7, 11) is -4.01. The minimum absolute atomic E-state index is 0.0100. The molecule has 4 aromatic rings. The van der Waals surface area contributed by atoms with E-state index < -0.39 is 28.3 Å². The van der Waals surface area contributed by atoms with Crippen LogP contribution >= 0.6 is 22.7 Å². The Hall–Kier alpha value is -3.14. The van der Waals surface area contributed by atoms with Crippen molar-refractivity contribution in [3.8, 4) is 0 Å². The van der Waals surface area contributed by atoms with Crippen LogP contribution in [0.4, 0.5) is 9.93 Å². The molecule has 2 atom stereocenters. The molecular weight excluding hydrogens is 645 g/mol. The first kappa shape index (κ1) is 34.2. The molecule has 1 fully saturated rings. The van der Waals surface area contributed by atoms with E-state index in [9.17, 15) is 18.3 Å². The Kier molecular flexibility index (Phi) is 11.6. The van der Waals surface area contributed by atoms with E-state index in [4.69, 9.17) is 9.72 Å². The van der Waals surface area contributed by atoms with E-state index in [2.05, 4.69) is 27.2 Å². The number of nitrogens with one attached hydrogen (secondary N) is 1. The van der Waals surface area contributed by atoms with Crippen molar-refractivity contribution in [2.45, 2.75) is 63.7 Å². The molecular formula is C32H42N6O5S3. The van der Waals surface area contributed by atoms with Crippen LogP contribution in [0.5, 0.6) is 0 Å². The van der Waals surface area contributed by atoms with Gasteiger partial charge in [-0.15, -0.1) is 11.3 Å². The lowest BCUT2D eigenvalue weighted by atomic mass is 10.0. The number of ether oxygens (including phenoxy) is 1. The number of amides is 1. The van der Waals surface area contributed by atoms with E-state index in [-0.39, 0.29) is 36.9 Å². The average Bonchev–Trinajstić information content (AvgIpc) is 3.83. The number of sulfonamides is 1. The third-order valence-electron chi connectivity index (χ3n) is 7.79. The Balaban J connectivity index is 1.36. The number of aliphatic hydroxyl groups is 1. The molecule has 1 aliphatic rings. The highest BCUT2D eigenvalue weighted by molar-refractivity contribution is 7.89. The number of anilines is 1. The Morgan fingerprint density at radius 1 is 1.13 bits per heavy atom. The van der Waals surface area contributed by atoms with Gasteiger partial charge in [0.05, 0.1) is 37.6 Å². The Morgan fingerprint density at radius 3 is 2.57 bits per heavy atom. The molecule has 0 bridgehead atoms. The van der Waals surface area contributed by atoms with Crippen molar-refractivity contribution in [2.24, 2.45) is 5.92 Å². The molecule has 5 rings (SSSR count). The van der Waals surface area contributed by atoms with Gasteiger partial charge in [-0.25, -0.2) is 23.2 Å². The topological polar surface area (TPSA) is 128 Å². The van der Waals surface area contributed by atoms with Crippen LogP contribution in [0.1, 0.15) is 44.1 Å². The summed E-state index contributed by atoms with van der Waals surface area (Å²) >= 11 is 2.85. The van der Waals surface area contributed by atoms with E-state index in [1.54, 1.807) is 29.9 Å². The standard InChI is InChI=1S/C32H42N6O5S3/c1-4-38(36-14-8-9-15-36)31-34-27-13-12-26(17-30(27)45-31)46(41,42)37(19-23(2)3)20-29(39)28(16-24-10-6-5-7-11-24)35-32(40)43-21-25-18-33-22-44-25/h5-7,10-13,17-18,22-23,28-29,39H,4,8-9,14-16,19-21H2,1-3H3,(H,35,40). The summed E-state index contributed by atoms with van der Waals surface area (Å²) in [6.07, 6.45) is 2.29. The van der Waals surface area contributed by atoms with Crippen LogP contribution in [0.3, 0.4) is 0 Å². The Labute approximate surface area is 278 Å². The number of benzene rings is 2. The molecule has 0 saturated carbocycles. The predicted molar refractivity (Wildman–Crippen MR) is 182 cm³/mol. The Morgan fingerprint density at radius 2 is 1.89 bits per heavy atom. The number of alkyl carbamates (subject to hydrolysis) is 1. The van der Waals surface area contributed by atoms with Gasteiger partial charge in [0.25, 0.3) is 0 Å². The van der Waals surface area contributed by atoms with Crippen LogP contribution < -0.4 is 10.3 Å². The molecule has 14 heteroatoms. The molecule has 2 aromatic carbocycles. The molecule has 0 radical (unpaired) electrons. The molecule has 0 aliphatic carbocycles. The number of hydrazine groups is 1. The number of thiazole rings is 2. The zero-order valence-electron chi connectivity index (χ0n) is 26.4. The summed E-state index contributed by atoms with van der Waals surface area (Å²) in [6.45, 7) is 8.74. The normalized spacial score (nSPS) is 15.4. The number of carbonyl (C=O) groups excluding carboxylic acids is 1. The molecule has 1 aliphatic heterocycles. The van der Waals surface area contributed by atoms with Crippen molar-refractivity contribution >= 4 is 54.1 Å². The first-order valence-corrected chi connectivity index (χ1v) is 18.7. The highest BCUT2D eigenvalue weighted by Crippen LogP contribution is 2.33. The first-order valence-electron chi connectivity index (χ1n) is 15.6. The third kappa shape index (κ3) is 8.60. The summed E-state index contributed by atoms with van der Waals surface area (Å²) in [5.41, 5.74) is 3.28. The van der Waals surface area contributed by atoms with E-state index in [1.165, 1.54) is 27.0 Å². The number of hydrogen-bond acceptors (Lipinski definition) is 11. The van der Waals surface area contributed by atoms with Gasteiger partial charge < -0.3 is 15.2 Å². The molecule has 2 unspecified atom stereocenters. The first-order chi connectivity index (χ1) is 22.1. The molecule has 3 heterocycles. The maximum absolute atomic E-state index is 14.2. The van der Waals surface area contributed by atoms with Crippen LogP contribution in [0, 0.1) is 5.92 Å². The number of aliphatic hydroxyl groups excluding tert-OH is 1. The summed E-state index contributed by atoms with van der Waals surface area (Å²) in [6, 6.07) is 13.6. The number of hydrogen-bond donors (Lipinski definition) is 2. The highest BCUT2D eigenvalue weighted by atomic mass is 32.2. The quantitative estimate of drug-likeness (QED) is 0.175. The van der Waals surface area contributed by atoms with Crippen LogP contribution in [0.15, 0.2) is 65.1 Å². The largest absolute Gasteiger partial charge is 0.444 e. The second kappa shape index (κ2) is 15.6.